The van der Waals surface area contributed by atoms with Crippen molar-refractivity contribution in [2.45, 2.75) is 6.42 Å². The molecule has 0 aliphatic carbocycles. The first-order valence-electron chi connectivity index (χ1n) is 9.29. The van der Waals surface area contributed by atoms with Gasteiger partial charge in [-0.1, -0.05) is 18.2 Å². The maximum absolute atomic E-state index is 13.0. The van der Waals surface area contributed by atoms with Gasteiger partial charge in [-0.25, -0.2) is 9.37 Å². The van der Waals surface area contributed by atoms with Crippen molar-refractivity contribution in [1.29, 1.82) is 0 Å². The fourth-order valence-electron chi connectivity index (χ4n) is 3.24. The first kappa shape index (κ1) is 19.3. The Kier molecular flexibility index (Phi) is 5.69. The van der Waals surface area contributed by atoms with Gasteiger partial charge in [-0.2, -0.15) is 0 Å². The Bertz CT molecular complexity index is 1030. The summed E-state index contributed by atoms with van der Waals surface area (Å²) >= 11 is 1.35. The number of rotatable bonds is 5. The third-order valence-electron chi connectivity index (χ3n) is 4.79. The van der Waals surface area contributed by atoms with Gasteiger partial charge in [0.15, 0.2) is 5.13 Å². The number of phenolic OH excluding ortho intramolecular Hbond substituents is 1. The number of hydrogen-bond donors (Lipinski definition) is 2. The van der Waals surface area contributed by atoms with E-state index in [9.17, 15) is 14.3 Å². The van der Waals surface area contributed by atoms with Gasteiger partial charge in [-0.3, -0.25) is 9.69 Å². The zero-order valence-corrected chi connectivity index (χ0v) is 16.5. The molecule has 7 heteroatoms. The highest BCUT2D eigenvalue weighted by Crippen LogP contribution is 2.26. The van der Waals surface area contributed by atoms with Gasteiger partial charge in [-0.15, -0.1) is 11.3 Å². The van der Waals surface area contributed by atoms with E-state index >= 15 is 0 Å². The molecule has 2 N–H and O–H groups in total. The number of nitrogens with zero attached hydrogens (tertiary/aromatic N) is 2. The largest absolute Gasteiger partial charge is 0.508 e. The number of amides is 1. The molecule has 3 aromatic rings. The molecule has 0 bridgehead atoms. The molecule has 1 aliphatic rings. The molecule has 0 saturated heterocycles. The van der Waals surface area contributed by atoms with E-state index in [0.717, 1.165) is 24.1 Å². The number of thiazole rings is 1. The Balaban J connectivity index is 1.31. The van der Waals surface area contributed by atoms with Crippen LogP contribution in [0.3, 0.4) is 0 Å². The maximum Gasteiger partial charge on any atom is 0.240 e. The van der Waals surface area contributed by atoms with Crippen molar-refractivity contribution in [3.63, 3.8) is 0 Å². The van der Waals surface area contributed by atoms with Gasteiger partial charge in [0.2, 0.25) is 5.91 Å². The minimum atomic E-state index is -0.290. The minimum absolute atomic E-state index is 0.105. The van der Waals surface area contributed by atoms with E-state index in [2.05, 4.69) is 21.3 Å². The van der Waals surface area contributed by atoms with Crippen molar-refractivity contribution in [3.8, 4) is 17.0 Å². The van der Waals surface area contributed by atoms with Gasteiger partial charge >= 0.3 is 0 Å². The monoisotopic (exact) mass is 409 g/mol. The maximum atomic E-state index is 13.0. The SMILES string of the molecule is O=C(CN1CC=C(c2ccc(O)cc2)CC1)Nc1nc(-c2ccc(F)cc2)cs1. The number of carbonyl (C=O) groups is 1. The Hall–Kier alpha value is -3.03. The summed E-state index contributed by atoms with van der Waals surface area (Å²) in [4.78, 5) is 18.9. The van der Waals surface area contributed by atoms with Gasteiger partial charge in [0.1, 0.15) is 11.6 Å². The number of halogens is 1. The molecule has 1 aromatic heterocycles. The van der Waals surface area contributed by atoms with E-state index in [1.54, 1.807) is 24.3 Å². The van der Waals surface area contributed by atoms with Crippen molar-refractivity contribution < 1.29 is 14.3 Å². The Morgan fingerprint density at radius 3 is 2.55 bits per heavy atom. The second kappa shape index (κ2) is 8.55. The Morgan fingerprint density at radius 2 is 1.86 bits per heavy atom. The number of phenols is 1. The van der Waals surface area contributed by atoms with Crippen molar-refractivity contribution in [3.05, 3.63) is 71.4 Å². The molecule has 2 aromatic carbocycles. The molecule has 0 spiro atoms. The number of anilines is 1. The fraction of sp³-hybridized carbons (Fsp3) is 0.182. The molecule has 29 heavy (non-hydrogen) atoms. The molecule has 148 valence electrons. The van der Waals surface area contributed by atoms with Crippen LogP contribution in [0.15, 0.2) is 60.0 Å². The van der Waals surface area contributed by atoms with E-state index in [4.69, 9.17) is 0 Å². The lowest BCUT2D eigenvalue weighted by Crippen LogP contribution is -2.36. The van der Waals surface area contributed by atoms with E-state index in [-0.39, 0.29) is 17.5 Å². The predicted octanol–water partition coefficient (Wildman–Crippen LogP) is 4.38. The van der Waals surface area contributed by atoms with Gasteiger partial charge < -0.3 is 10.4 Å². The number of aromatic hydroxyl groups is 1. The van der Waals surface area contributed by atoms with Crippen LogP contribution < -0.4 is 5.32 Å². The normalized spacial score (nSPS) is 14.4. The molecule has 5 nitrogen and oxygen atoms in total. The Morgan fingerprint density at radius 1 is 1.14 bits per heavy atom. The molecule has 4 rings (SSSR count). The van der Waals surface area contributed by atoms with E-state index in [1.807, 2.05) is 17.5 Å². The van der Waals surface area contributed by atoms with Crippen LogP contribution in [0.4, 0.5) is 9.52 Å². The van der Waals surface area contributed by atoms with Crippen molar-refractivity contribution in [2.75, 3.05) is 25.0 Å². The quantitative estimate of drug-likeness (QED) is 0.656. The summed E-state index contributed by atoms with van der Waals surface area (Å²) < 4.78 is 13.0. The summed E-state index contributed by atoms with van der Waals surface area (Å²) in [5.41, 5.74) is 3.85. The lowest BCUT2D eigenvalue weighted by Gasteiger charge is -2.25. The average Bonchev–Trinajstić information content (AvgIpc) is 3.18. The number of benzene rings is 2. The van der Waals surface area contributed by atoms with Gasteiger partial charge in [0.05, 0.1) is 12.2 Å². The third kappa shape index (κ3) is 4.88. The van der Waals surface area contributed by atoms with Crippen LogP contribution in [0.1, 0.15) is 12.0 Å². The van der Waals surface area contributed by atoms with Gasteiger partial charge in [0.25, 0.3) is 0 Å². The number of carbonyl (C=O) groups excluding carboxylic acids is 1. The van der Waals surface area contributed by atoms with E-state index in [0.29, 0.717) is 23.9 Å². The zero-order valence-electron chi connectivity index (χ0n) is 15.6. The molecule has 0 saturated carbocycles. The second-order valence-electron chi connectivity index (χ2n) is 6.85. The molecule has 1 amide bonds. The molecule has 0 atom stereocenters. The fourth-order valence-corrected chi connectivity index (χ4v) is 3.97. The molecular formula is C22H20FN3O2S. The first-order valence-corrected chi connectivity index (χ1v) is 10.2. The van der Waals surface area contributed by atoms with Crippen LogP contribution >= 0.6 is 11.3 Å². The first-order chi connectivity index (χ1) is 14.1. The van der Waals surface area contributed by atoms with Crippen LogP contribution in [0.5, 0.6) is 5.75 Å². The average molecular weight is 409 g/mol. The summed E-state index contributed by atoms with van der Waals surface area (Å²) in [7, 11) is 0. The van der Waals surface area contributed by atoms with Crippen LogP contribution in [0.25, 0.3) is 16.8 Å². The minimum Gasteiger partial charge on any atom is -0.508 e. The standard InChI is InChI=1S/C22H20FN3O2S/c23-18-5-1-17(2-6-18)20-14-29-22(24-20)25-21(28)13-26-11-9-16(10-12-26)15-3-7-19(27)8-4-15/h1-9,14,27H,10-13H2,(H,24,25,28). The van der Waals surface area contributed by atoms with E-state index < -0.39 is 0 Å². The zero-order chi connectivity index (χ0) is 20.2. The highest BCUT2D eigenvalue weighted by molar-refractivity contribution is 7.14. The number of nitrogens with one attached hydrogen (secondary N) is 1. The second-order valence-corrected chi connectivity index (χ2v) is 7.71. The summed E-state index contributed by atoms with van der Waals surface area (Å²) in [5.74, 6) is -0.138. The topological polar surface area (TPSA) is 65.5 Å². The van der Waals surface area contributed by atoms with Crippen LogP contribution in [-0.2, 0) is 4.79 Å². The number of hydrogen-bond acceptors (Lipinski definition) is 5. The van der Waals surface area contributed by atoms with Crippen molar-refractivity contribution in [2.24, 2.45) is 0 Å². The summed E-state index contributed by atoms with van der Waals surface area (Å²) in [6.07, 6.45) is 2.98. The molecule has 0 fully saturated rings. The highest BCUT2D eigenvalue weighted by Gasteiger charge is 2.17. The molecular weight excluding hydrogens is 389 g/mol. The molecule has 0 radical (unpaired) electrons. The lowest BCUT2D eigenvalue weighted by atomic mass is 9.99. The van der Waals surface area contributed by atoms with Crippen molar-refractivity contribution >= 4 is 27.9 Å². The molecule has 2 heterocycles. The van der Waals surface area contributed by atoms with Crippen LogP contribution in [0, 0.1) is 5.82 Å². The lowest BCUT2D eigenvalue weighted by molar-refractivity contribution is -0.117. The highest BCUT2D eigenvalue weighted by atomic mass is 32.1. The molecule has 0 unspecified atom stereocenters. The Labute approximate surface area is 172 Å². The predicted molar refractivity (Wildman–Crippen MR) is 113 cm³/mol. The van der Waals surface area contributed by atoms with E-state index in [1.165, 1.54) is 29.0 Å². The summed E-state index contributed by atoms with van der Waals surface area (Å²) in [5, 5.41) is 14.6. The summed E-state index contributed by atoms with van der Waals surface area (Å²) in [6.45, 7) is 1.78. The number of aromatic nitrogens is 1. The van der Waals surface area contributed by atoms with Crippen LogP contribution in [0.2, 0.25) is 0 Å². The van der Waals surface area contributed by atoms with Gasteiger partial charge in [0, 0.05) is 24.0 Å². The molecule has 1 aliphatic heterocycles. The third-order valence-corrected chi connectivity index (χ3v) is 5.55. The van der Waals surface area contributed by atoms with Gasteiger partial charge in [-0.05, 0) is 54.0 Å². The smallest absolute Gasteiger partial charge is 0.240 e. The summed E-state index contributed by atoms with van der Waals surface area (Å²) in [6, 6.07) is 13.3. The van der Waals surface area contributed by atoms with Crippen molar-refractivity contribution in [1.82, 2.24) is 9.88 Å². The van der Waals surface area contributed by atoms with Crippen LogP contribution in [-0.4, -0.2) is 40.5 Å².